The smallest absolute Gasteiger partial charge is 0.240 e. The Labute approximate surface area is 129 Å². The van der Waals surface area contributed by atoms with Crippen LogP contribution in [0.1, 0.15) is 31.2 Å². The third-order valence-electron chi connectivity index (χ3n) is 3.96. The Hall–Kier alpha value is -0.430. The number of rotatable bonds is 4. The molecule has 0 heterocycles. The van der Waals surface area contributed by atoms with E-state index in [9.17, 15) is 8.42 Å². The monoisotopic (exact) mass is 360 g/mol. The van der Waals surface area contributed by atoms with Crippen LogP contribution in [0.4, 0.5) is 0 Å². The first-order valence-electron chi connectivity index (χ1n) is 6.92. The summed E-state index contributed by atoms with van der Waals surface area (Å²) in [5.74, 6) is 0.245. The minimum absolute atomic E-state index is 0.0392. The second-order valence-corrected chi connectivity index (χ2v) is 7.99. The number of nitrogens with one attached hydrogen (secondary N) is 1. The summed E-state index contributed by atoms with van der Waals surface area (Å²) in [4.78, 5) is 0.319. The lowest BCUT2D eigenvalue weighted by Gasteiger charge is -2.31. The van der Waals surface area contributed by atoms with Crippen molar-refractivity contribution in [1.29, 1.82) is 0 Å². The first-order valence-corrected chi connectivity index (χ1v) is 9.20. The van der Waals surface area contributed by atoms with E-state index >= 15 is 0 Å². The Morgan fingerprint density at radius 2 is 2.05 bits per heavy atom. The predicted octanol–water partition coefficient (Wildman–Crippen LogP) is 2.55. The van der Waals surface area contributed by atoms with Crippen molar-refractivity contribution in [2.24, 2.45) is 11.7 Å². The summed E-state index contributed by atoms with van der Waals surface area (Å²) in [6.45, 7) is 2.42. The summed E-state index contributed by atoms with van der Waals surface area (Å²) in [7, 11) is -3.47. The molecule has 1 aromatic rings. The summed E-state index contributed by atoms with van der Waals surface area (Å²) >= 11 is 3.38. The fourth-order valence-corrected chi connectivity index (χ4v) is 4.37. The molecule has 0 amide bonds. The maximum Gasteiger partial charge on any atom is 0.240 e. The molecule has 0 aliphatic heterocycles. The number of sulfonamides is 1. The molecule has 3 N–H and O–H groups in total. The van der Waals surface area contributed by atoms with Gasteiger partial charge in [0, 0.05) is 10.5 Å². The van der Waals surface area contributed by atoms with Crippen LogP contribution in [0.5, 0.6) is 0 Å². The molecule has 0 aromatic heterocycles. The maximum absolute atomic E-state index is 12.5. The summed E-state index contributed by atoms with van der Waals surface area (Å²) in [5.41, 5.74) is 6.66. The number of nitrogens with two attached hydrogens (primary N) is 1. The number of hydrogen-bond acceptors (Lipinski definition) is 3. The van der Waals surface area contributed by atoms with Crippen LogP contribution in [0.3, 0.4) is 0 Å². The highest BCUT2D eigenvalue weighted by atomic mass is 79.9. The molecule has 2 unspecified atom stereocenters. The van der Waals surface area contributed by atoms with Gasteiger partial charge >= 0.3 is 0 Å². The van der Waals surface area contributed by atoms with Crippen molar-refractivity contribution >= 4 is 26.0 Å². The number of hydrogen-bond donors (Lipinski definition) is 2. The van der Waals surface area contributed by atoms with E-state index in [-0.39, 0.29) is 12.0 Å². The van der Waals surface area contributed by atoms with Gasteiger partial charge in [-0.2, -0.15) is 0 Å². The van der Waals surface area contributed by atoms with Crippen molar-refractivity contribution in [3.63, 3.8) is 0 Å². The molecule has 0 spiro atoms. The molecule has 2 rings (SSSR count). The molecule has 1 fully saturated rings. The van der Waals surface area contributed by atoms with Crippen LogP contribution < -0.4 is 10.5 Å². The Balaban J connectivity index is 2.19. The molecule has 1 saturated carbocycles. The maximum atomic E-state index is 12.5. The van der Waals surface area contributed by atoms with Gasteiger partial charge in [0.2, 0.25) is 10.0 Å². The Bertz CT molecular complexity index is 575. The van der Waals surface area contributed by atoms with Crippen molar-refractivity contribution in [1.82, 2.24) is 4.72 Å². The fourth-order valence-electron chi connectivity index (χ4n) is 2.70. The Morgan fingerprint density at radius 1 is 1.35 bits per heavy atom. The fraction of sp³-hybridized carbons (Fsp3) is 0.571. The third-order valence-corrected chi connectivity index (χ3v) is 6.34. The van der Waals surface area contributed by atoms with Gasteiger partial charge < -0.3 is 5.73 Å². The van der Waals surface area contributed by atoms with E-state index in [0.29, 0.717) is 11.4 Å². The van der Waals surface area contributed by atoms with E-state index < -0.39 is 10.0 Å². The van der Waals surface area contributed by atoms with Crippen molar-refractivity contribution in [3.05, 3.63) is 28.2 Å². The van der Waals surface area contributed by atoms with Crippen LogP contribution in [0, 0.1) is 12.8 Å². The minimum atomic E-state index is -3.47. The van der Waals surface area contributed by atoms with Crippen molar-refractivity contribution in [2.45, 2.75) is 43.5 Å². The average Bonchev–Trinajstić information content (AvgIpc) is 2.42. The van der Waals surface area contributed by atoms with Crippen LogP contribution >= 0.6 is 15.9 Å². The van der Waals surface area contributed by atoms with Crippen LogP contribution in [-0.2, 0) is 10.0 Å². The van der Waals surface area contributed by atoms with E-state index in [1.807, 2.05) is 6.92 Å². The molecule has 4 nitrogen and oxygen atoms in total. The molecule has 1 aromatic carbocycles. The van der Waals surface area contributed by atoms with Crippen LogP contribution in [0.25, 0.3) is 0 Å². The summed E-state index contributed by atoms with van der Waals surface area (Å²) in [6.07, 6.45) is 4.07. The normalized spacial score (nSPS) is 23.8. The molecule has 0 bridgehead atoms. The second kappa shape index (κ2) is 6.56. The topological polar surface area (TPSA) is 72.2 Å². The summed E-state index contributed by atoms with van der Waals surface area (Å²) in [6, 6.07) is 5.04. The first kappa shape index (κ1) is 15.9. The molecule has 1 aliphatic carbocycles. The number of halogens is 1. The second-order valence-electron chi connectivity index (χ2n) is 5.42. The van der Waals surface area contributed by atoms with E-state index in [0.717, 1.165) is 35.7 Å². The lowest BCUT2D eigenvalue weighted by molar-refractivity contribution is 0.296. The highest BCUT2D eigenvalue weighted by Gasteiger charge is 2.28. The molecular weight excluding hydrogens is 340 g/mol. The van der Waals surface area contributed by atoms with Gasteiger partial charge in [-0.1, -0.05) is 28.8 Å². The lowest BCUT2D eigenvalue weighted by Crippen LogP contribution is -2.44. The molecule has 112 valence electrons. The Morgan fingerprint density at radius 3 is 2.70 bits per heavy atom. The number of aryl methyl sites for hydroxylation is 1. The zero-order valence-corrected chi connectivity index (χ0v) is 14.0. The molecule has 0 saturated heterocycles. The van der Waals surface area contributed by atoms with Gasteiger partial charge in [-0.3, -0.25) is 0 Å². The van der Waals surface area contributed by atoms with Gasteiger partial charge in [0.1, 0.15) is 0 Å². The van der Waals surface area contributed by atoms with E-state index in [1.165, 1.54) is 0 Å². The van der Waals surface area contributed by atoms with Crippen molar-refractivity contribution in [3.8, 4) is 0 Å². The van der Waals surface area contributed by atoms with Gasteiger partial charge in [-0.25, -0.2) is 13.1 Å². The van der Waals surface area contributed by atoms with Gasteiger partial charge in [-0.15, -0.1) is 0 Å². The average molecular weight is 361 g/mol. The summed E-state index contributed by atoms with van der Waals surface area (Å²) < 4.78 is 28.7. The van der Waals surface area contributed by atoms with E-state index in [4.69, 9.17) is 5.73 Å². The highest BCUT2D eigenvalue weighted by Crippen LogP contribution is 2.26. The van der Waals surface area contributed by atoms with E-state index in [2.05, 4.69) is 20.7 Å². The van der Waals surface area contributed by atoms with Crippen molar-refractivity contribution in [2.75, 3.05) is 6.54 Å². The minimum Gasteiger partial charge on any atom is -0.330 e. The van der Waals surface area contributed by atoms with Gasteiger partial charge in [-0.05, 0) is 56.0 Å². The number of benzene rings is 1. The molecule has 6 heteroatoms. The molecule has 0 radical (unpaired) electrons. The Kier molecular flexibility index (Phi) is 5.23. The van der Waals surface area contributed by atoms with Crippen LogP contribution in [0.15, 0.2) is 27.6 Å². The quantitative estimate of drug-likeness (QED) is 0.866. The standard InChI is InChI=1S/C14H21BrN2O2S/c1-10-8-12(6-7-13(10)15)20(18,19)17-14-5-3-2-4-11(14)9-16/h6-8,11,14,17H,2-5,9,16H2,1H3. The SMILES string of the molecule is Cc1cc(S(=O)(=O)NC2CCCCC2CN)ccc1Br. The summed E-state index contributed by atoms with van der Waals surface area (Å²) in [5, 5.41) is 0. The van der Waals surface area contributed by atoms with Gasteiger partial charge in [0.15, 0.2) is 0 Å². The van der Waals surface area contributed by atoms with Gasteiger partial charge in [0.25, 0.3) is 0 Å². The van der Waals surface area contributed by atoms with Gasteiger partial charge in [0.05, 0.1) is 4.90 Å². The molecule has 2 atom stereocenters. The first-order chi connectivity index (χ1) is 9.44. The van der Waals surface area contributed by atoms with Crippen LogP contribution in [-0.4, -0.2) is 21.0 Å². The third kappa shape index (κ3) is 3.61. The largest absolute Gasteiger partial charge is 0.330 e. The van der Waals surface area contributed by atoms with Crippen LogP contribution in [0.2, 0.25) is 0 Å². The molecule has 20 heavy (non-hydrogen) atoms. The zero-order valence-electron chi connectivity index (χ0n) is 11.6. The zero-order chi connectivity index (χ0) is 14.8. The predicted molar refractivity (Wildman–Crippen MR) is 84.0 cm³/mol. The molecule has 1 aliphatic rings. The molecular formula is C14H21BrN2O2S. The van der Waals surface area contributed by atoms with Crippen molar-refractivity contribution < 1.29 is 8.42 Å². The lowest BCUT2D eigenvalue weighted by atomic mass is 9.85. The van der Waals surface area contributed by atoms with E-state index in [1.54, 1.807) is 18.2 Å². The highest BCUT2D eigenvalue weighted by molar-refractivity contribution is 9.10.